The van der Waals surface area contributed by atoms with Crippen LogP contribution >= 0.6 is 0 Å². The summed E-state index contributed by atoms with van der Waals surface area (Å²) in [5, 5.41) is 3.43. The highest BCUT2D eigenvalue weighted by molar-refractivity contribution is 5.26. The van der Waals surface area contributed by atoms with E-state index in [-0.39, 0.29) is 12.1 Å². The number of likely N-dealkylation sites (N-methyl/N-ethyl adjacent to an activating group) is 1. The molecule has 0 aromatic carbocycles. The molecule has 96 valence electrons. The van der Waals surface area contributed by atoms with Gasteiger partial charge < -0.3 is 14.8 Å². The van der Waals surface area contributed by atoms with Gasteiger partial charge in [0.2, 0.25) is 0 Å². The van der Waals surface area contributed by atoms with Crippen LogP contribution in [0.5, 0.6) is 5.75 Å². The van der Waals surface area contributed by atoms with Crippen LogP contribution in [0, 0.1) is 0 Å². The molecule has 0 radical (unpaired) electrons. The number of ether oxygens (including phenoxy) is 2. The molecule has 2 atom stereocenters. The number of methoxy groups -OCH3 is 2. The molecule has 1 aromatic rings. The number of nitrogens with one attached hydrogen (secondary N) is 1. The van der Waals surface area contributed by atoms with Crippen molar-refractivity contribution in [3.63, 3.8) is 0 Å². The first-order valence-electron chi connectivity index (χ1n) is 6.01. The molecule has 1 heterocycles. The van der Waals surface area contributed by atoms with Gasteiger partial charge in [0.1, 0.15) is 5.75 Å². The van der Waals surface area contributed by atoms with E-state index in [1.165, 1.54) is 0 Å². The van der Waals surface area contributed by atoms with Crippen LogP contribution in [0.4, 0.5) is 0 Å². The van der Waals surface area contributed by atoms with Gasteiger partial charge in [-0.1, -0.05) is 13.8 Å². The summed E-state index contributed by atoms with van der Waals surface area (Å²) < 4.78 is 10.7. The zero-order valence-electron chi connectivity index (χ0n) is 11.1. The lowest BCUT2D eigenvalue weighted by Gasteiger charge is -2.26. The highest BCUT2D eigenvalue weighted by Crippen LogP contribution is 2.23. The Morgan fingerprint density at radius 2 is 2.06 bits per heavy atom. The fraction of sp³-hybridized carbons (Fsp3) is 0.615. The van der Waals surface area contributed by atoms with E-state index in [2.05, 4.69) is 24.1 Å². The molecule has 0 aliphatic carbocycles. The maximum absolute atomic E-state index is 5.51. The fourth-order valence-corrected chi connectivity index (χ4v) is 1.94. The van der Waals surface area contributed by atoms with Crippen molar-refractivity contribution < 1.29 is 9.47 Å². The van der Waals surface area contributed by atoms with Crippen LogP contribution in [-0.4, -0.2) is 31.9 Å². The Morgan fingerprint density at radius 3 is 2.59 bits per heavy atom. The largest absolute Gasteiger partial charge is 0.495 e. The predicted molar refractivity (Wildman–Crippen MR) is 68.3 cm³/mol. The maximum Gasteiger partial charge on any atom is 0.137 e. The van der Waals surface area contributed by atoms with Crippen molar-refractivity contribution in [2.75, 3.05) is 20.8 Å². The number of pyridine rings is 1. The van der Waals surface area contributed by atoms with Crippen molar-refractivity contribution in [1.29, 1.82) is 0 Å². The van der Waals surface area contributed by atoms with E-state index >= 15 is 0 Å². The SMILES string of the molecule is CCNC(c1cncc(OC)c1)C(CC)OC. The molecule has 1 aromatic heterocycles. The van der Waals surface area contributed by atoms with Gasteiger partial charge in [-0.25, -0.2) is 0 Å². The van der Waals surface area contributed by atoms with Crippen molar-refractivity contribution in [2.24, 2.45) is 0 Å². The van der Waals surface area contributed by atoms with Gasteiger partial charge in [-0.05, 0) is 24.6 Å². The first-order valence-corrected chi connectivity index (χ1v) is 6.01. The van der Waals surface area contributed by atoms with Gasteiger partial charge in [-0.2, -0.15) is 0 Å². The minimum Gasteiger partial charge on any atom is -0.495 e. The molecule has 4 heteroatoms. The number of hydrogen-bond donors (Lipinski definition) is 1. The minimum absolute atomic E-state index is 0.142. The van der Waals surface area contributed by atoms with Gasteiger partial charge in [0, 0.05) is 13.3 Å². The van der Waals surface area contributed by atoms with Crippen molar-refractivity contribution in [3.8, 4) is 5.75 Å². The van der Waals surface area contributed by atoms with E-state index in [0.717, 1.165) is 24.3 Å². The zero-order valence-corrected chi connectivity index (χ0v) is 11.1. The Balaban J connectivity index is 2.94. The lowest BCUT2D eigenvalue weighted by atomic mass is 10.0. The molecule has 0 aliphatic rings. The van der Waals surface area contributed by atoms with E-state index in [1.807, 2.05) is 12.3 Å². The van der Waals surface area contributed by atoms with E-state index < -0.39 is 0 Å². The van der Waals surface area contributed by atoms with Crippen molar-refractivity contribution in [1.82, 2.24) is 10.3 Å². The number of hydrogen-bond acceptors (Lipinski definition) is 4. The number of rotatable bonds is 7. The first-order chi connectivity index (χ1) is 8.26. The van der Waals surface area contributed by atoms with Crippen molar-refractivity contribution >= 4 is 0 Å². The molecule has 2 unspecified atom stereocenters. The molecule has 0 fully saturated rings. The van der Waals surface area contributed by atoms with Gasteiger partial charge in [0.25, 0.3) is 0 Å². The van der Waals surface area contributed by atoms with Gasteiger partial charge in [-0.3, -0.25) is 4.98 Å². The molecule has 17 heavy (non-hydrogen) atoms. The highest BCUT2D eigenvalue weighted by atomic mass is 16.5. The summed E-state index contributed by atoms with van der Waals surface area (Å²) in [7, 11) is 3.39. The molecule has 0 amide bonds. The van der Waals surface area contributed by atoms with Gasteiger partial charge in [0.15, 0.2) is 0 Å². The second-order valence-electron chi connectivity index (χ2n) is 3.88. The average Bonchev–Trinajstić information content (AvgIpc) is 2.39. The molecular weight excluding hydrogens is 216 g/mol. The van der Waals surface area contributed by atoms with Crippen LogP contribution in [0.2, 0.25) is 0 Å². The average molecular weight is 238 g/mol. The van der Waals surface area contributed by atoms with Crippen LogP contribution in [0.25, 0.3) is 0 Å². The topological polar surface area (TPSA) is 43.4 Å². The quantitative estimate of drug-likeness (QED) is 0.790. The van der Waals surface area contributed by atoms with E-state index in [1.54, 1.807) is 20.4 Å². The number of aromatic nitrogens is 1. The summed E-state index contributed by atoms with van der Waals surface area (Å²) in [5.41, 5.74) is 1.10. The van der Waals surface area contributed by atoms with Crippen LogP contribution in [0.1, 0.15) is 31.9 Å². The Hall–Kier alpha value is -1.13. The van der Waals surface area contributed by atoms with Crippen LogP contribution in [0.15, 0.2) is 18.5 Å². The third kappa shape index (κ3) is 3.68. The normalized spacial score (nSPS) is 14.4. The molecule has 1 N–H and O–H groups in total. The summed E-state index contributed by atoms with van der Waals surface area (Å²) in [5.74, 6) is 0.774. The molecule has 0 bridgehead atoms. The predicted octanol–water partition coefficient (Wildman–Crippen LogP) is 2.17. The molecule has 0 saturated heterocycles. The summed E-state index contributed by atoms with van der Waals surface area (Å²) in [6.07, 6.45) is 4.66. The van der Waals surface area contributed by atoms with Crippen molar-refractivity contribution in [2.45, 2.75) is 32.4 Å². The smallest absolute Gasteiger partial charge is 0.137 e. The summed E-state index contributed by atoms with van der Waals surface area (Å²) >= 11 is 0. The summed E-state index contributed by atoms with van der Waals surface area (Å²) in [6, 6.07) is 2.15. The van der Waals surface area contributed by atoms with E-state index in [9.17, 15) is 0 Å². The molecule has 0 saturated carbocycles. The molecule has 4 nitrogen and oxygen atoms in total. The van der Waals surface area contributed by atoms with E-state index in [0.29, 0.717) is 0 Å². The third-order valence-electron chi connectivity index (χ3n) is 2.83. The summed E-state index contributed by atoms with van der Waals surface area (Å²) in [4.78, 5) is 4.19. The minimum atomic E-state index is 0.142. The molecular formula is C13H22N2O2. The monoisotopic (exact) mass is 238 g/mol. The van der Waals surface area contributed by atoms with Crippen LogP contribution in [0.3, 0.4) is 0 Å². The Kier molecular flexibility index (Phi) is 5.94. The third-order valence-corrected chi connectivity index (χ3v) is 2.83. The van der Waals surface area contributed by atoms with Gasteiger partial charge >= 0.3 is 0 Å². The first kappa shape index (κ1) is 13.9. The highest BCUT2D eigenvalue weighted by Gasteiger charge is 2.21. The van der Waals surface area contributed by atoms with E-state index in [4.69, 9.17) is 9.47 Å². The maximum atomic E-state index is 5.51. The second-order valence-corrected chi connectivity index (χ2v) is 3.88. The standard InChI is InChI=1S/C13H22N2O2/c1-5-12(17-4)13(15-6-2)10-7-11(16-3)9-14-8-10/h7-9,12-13,15H,5-6H2,1-4H3. The zero-order chi connectivity index (χ0) is 12.7. The Bertz CT molecular complexity index is 327. The van der Waals surface area contributed by atoms with Gasteiger partial charge in [-0.15, -0.1) is 0 Å². The Morgan fingerprint density at radius 1 is 1.29 bits per heavy atom. The van der Waals surface area contributed by atoms with Gasteiger partial charge in [0.05, 0.1) is 25.5 Å². The lowest BCUT2D eigenvalue weighted by Crippen LogP contribution is -2.33. The second kappa shape index (κ2) is 7.25. The molecule has 0 aliphatic heterocycles. The lowest BCUT2D eigenvalue weighted by molar-refractivity contribution is 0.0654. The Labute approximate surface area is 103 Å². The summed E-state index contributed by atoms with van der Waals surface area (Å²) in [6.45, 7) is 5.09. The number of nitrogens with zero attached hydrogens (tertiary/aromatic N) is 1. The molecule has 1 rings (SSSR count). The fourth-order valence-electron chi connectivity index (χ4n) is 1.94. The van der Waals surface area contributed by atoms with Crippen molar-refractivity contribution in [3.05, 3.63) is 24.0 Å². The van der Waals surface area contributed by atoms with Crippen LogP contribution < -0.4 is 10.1 Å². The van der Waals surface area contributed by atoms with Crippen LogP contribution in [-0.2, 0) is 4.74 Å². The molecule has 0 spiro atoms.